The second-order valence-corrected chi connectivity index (χ2v) is 10.8. The van der Waals surface area contributed by atoms with E-state index in [2.05, 4.69) is 10.2 Å². The number of benzene rings is 2. The third-order valence-electron chi connectivity index (χ3n) is 6.56. The maximum atomic E-state index is 13.7. The number of amides is 1. The Morgan fingerprint density at radius 3 is 2.32 bits per heavy atom. The number of ether oxygens (including phenoxy) is 1. The van der Waals surface area contributed by atoms with E-state index in [1.165, 1.54) is 0 Å². The number of piperidine rings is 2. The smallest absolute Gasteiger partial charge is 0.251 e. The number of para-hydroxylation sites is 1. The molecule has 0 atom stereocenters. The Labute approximate surface area is 203 Å². The van der Waals surface area contributed by atoms with Crippen molar-refractivity contribution >= 4 is 21.6 Å². The molecule has 0 saturated carbocycles. The summed E-state index contributed by atoms with van der Waals surface area (Å²) in [4.78, 5) is 15.5. The zero-order valence-corrected chi connectivity index (χ0v) is 20.8. The van der Waals surface area contributed by atoms with Crippen LogP contribution >= 0.6 is 0 Å². The van der Waals surface area contributed by atoms with Crippen LogP contribution in [0.1, 0.15) is 61.4 Å². The summed E-state index contributed by atoms with van der Waals surface area (Å²) in [6, 6.07) is 12.7. The molecule has 2 aliphatic rings. The molecule has 2 fully saturated rings. The zero-order valence-electron chi connectivity index (χ0n) is 20.0. The molecule has 0 radical (unpaired) electrons. The van der Waals surface area contributed by atoms with Gasteiger partial charge in [0.2, 0.25) is 10.0 Å². The molecule has 2 aromatic carbocycles. The maximum absolute atomic E-state index is 13.7. The number of sulfonamides is 1. The molecule has 2 aromatic rings. The van der Waals surface area contributed by atoms with Gasteiger partial charge in [-0.05, 0) is 63.3 Å². The van der Waals surface area contributed by atoms with Crippen molar-refractivity contribution in [1.29, 1.82) is 0 Å². The molecule has 7 nitrogen and oxygen atoms in total. The average molecular weight is 486 g/mol. The van der Waals surface area contributed by atoms with Crippen molar-refractivity contribution in [3.05, 3.63) is 53.6 Å². The third kappa shape index (κ3) is 5.55. The van der Waals surface area contributed by atoms with Crippen LogP contribution in [-0.4, -0.2) is 51.4 Å². The van der Waals surface area contributed by atoms with Gasteiger partial charge in [-0.25, -0.2) is 8.42 Å². The van der Waals surface area contributed by atoms with Crippen molar-refractivity contribution in [2.24, 2.45) is 0 Å². The predicted octanol–water partition coefficient (Wildman–Crippen LogP) is 4.18. The van der Waals surface area contributed by atoms with Crippen LogP contribution in [0.2, 0.25) is 0 Å². The van der Waals surface area contributed by atoms with Gasteiger partial charge in [0.05, 0.1) is 12.3 Å². The number of hydrogen-bond acceptors (Lipinski definition) is 5. The molecule has 2 saturated heterocycles. The monoisotopic (exact) mass is 485 g/mol. The Kier molecular flexibility index (Phi) is 8.11. The summed E-state index contributed by atoms with van der Waals surface area (Å²) in [5, 5.41) is 2.93. The van der Waals surface area contributed by atoms with Gasteiger partial charge in [-0.2, -0.15) is 4.31 Å². The molecule has 184 valence electrons. The summed E-state index contributed by atoms with van der Waals surface area (Å²) in [5.74, 6) is 0.436. The molecule has 8 heteroatoms. The molecule has 34 heavy (non-hydrogen) atoms. The highest BCUT2D eigenvalue weighted by Crippen LogP contribution is 2.32. The Morgan fingerprint density at radius 2 is 1.62 bits per heavy atom. The van der Waals surface area contributed by atoms with Crippen molar-refractivity contribution in [3.63, 3.8) is 0 Å². The molecule has 2 heterocycles. The number of rotatable bonds is 8. The van der Waals surface area contributed by atoms with Crippen LogP contribution in [0, 0.1) is 0 Å². The average Bonchev–Trinajstić information content (AvgIpc) is 2.89. The van der Waals surface area contributed by atoms with E-state index < -0.39 is 10.0 Å². The van der Waals surface area contributed by atoms with Crippen LogP contribution in [0.4, 0.5) is 5.69 Å². The van der Waals surface area contributed by atoms with Gasteiger partial charge in [-0.1, -0.05) is 24.6 Å². The fourth-order valence-electron chi connectivity index (χ4n) is 4.73. The van der Waals surface area contributed by atoms with Gasteiger partial charge in [0.1, 0.15) is 10.6 Å². The van der Waals surface area contributed by atoms with Crippen LogP contribution in [0.15, 0.2) is 47.4 Å². The van der Waals surface area contributed by atoms with E-state index in [9.17, 15) is 13.2 Å². The summed E-state index contributed by atoms with van der Waals surface area (Å²) >= 11 is 0. The van der Waals surface area contributed by atoms with Gasteiger partial charge in [0.15, 0.2) is 0 Å². The summed E-state index contributed by atoms with van der Waals surface area (Å²) in [5.41, 5.74) is 1.94. The lowest BCUT2D eigenvalue weighted by atomic mass is 10.1. The fraction of sp³-hybridized carbons (Fsp3) is 0.500. The SMILES string of the molecule is CCOc1ccccc1CNC(=O)c1ccc(N2CCCCC2)c(S(=O)(=O)N2CCCCC2)c1. The minimum absolute atomic E-state index is 0.249. The number of carbonyl (C=O) groups is 1. The third-order valence-corrected chi connectivity index (χ3v) is 8.49. The van der Waals surface area contributed by atoms with E-state index in [0.29, 0.717) is 37.5 Å². The second kappa shape index (κ2) is 11.2. The Morgan fingerprint density at radius 1 is 0.941 bits per heavy atom. The Balaban J connectivity index is 1.61. The number of anilines is 1. The lowest BCUT2D eigenvalue weighted by Gasteiger charge is -2.33. The Bertz CT molecular complexity index is 1090. The van der Waals surface area contributed by atoms with Crippen LogP contribution in [0.5, 0.6) is 5.75 Å². The van der Waals surface area contributed by atoms with Crippen molar-refractivity contribution in [1.82, 2.24) is 9.62 Å². The van der Waals surface area contributed by atoms with E-state index in [1.54, 1.807) is 16.4 Å². The van der Waals surface area contributed by atoms with Gasteiger partial charge in [-0.3, -0.25) is 4.79 Å². The zero-order chi connectivity index (χ0) is 24.0. The maximum Gasteiger partial charge on any atom is 0.251 e. The largest absolute Gasteiger partial charge is 0.494 e. The molecule has 1 amide bonds. The molecular formula is C26H35N3O4S. The lowest BCUT2D eigenvalue weighted by molar-refractivity contribution is 0.0950. The topological polar surface area (TPSA) is 79.0 Å². The minimum atomic E-state index is -3.69. The fourth-order valence-corrected chi connectivity index (χ4v) is 6.48. The van der Waals surface area contributed by atoms with Gasteiger partial charge in [-0.15, -0.1) is 0 Å². The van der Waals surface area contributed by atoms with Gasteiger partial charge < -0.3 is 15.0 Å². The summed E-state index contributed by atoms with van der Waals surface area (Å²) in [7, 11) is -3.69. The highest BCUT2D eigenvalue weighted by atomic mass is 32.2. The highest BCUT2D eigenvalue weighted by molar-refractivity contribution is 7.89. The quantitative estimate of drug-likeness (QED) is 0.607. The minimum Gasteiger partial charge on any atom is -0.494 e. The van der Waals surface area contributed by atoms with E-state index in [-0.39, 0.29) is 10.8 Å². The molecule has 0 spiro atoms. The summed E-state index contributed by atoms with van der Waals surface area (Å²) in [6.45, 7) is 5.50. The normalized spacial score (nSPS) is 17.4. The highest BCUT2D eigenvalue weighted by Gasteiger charge is 2.31. The van der Waals surface area contributed by atoms with E-state index in [0.717, 1.165) is 62.9 Å². The van der Waals surface area contributed by atoms with E-state index >= 15 is 0 Å². The molecular weight excluding hydrogens is 450 g/mol. The molecule has 0 aliphatic carbocycles. The number of nitrogens with one attached hydrogen (secondary N) is 1. The number of nitrogens with zero attached hydrogens (tertiary/aromatic N) is 2. The van der Waals surface area contributed by atoms with Crippen LogP contribution in [0.3, 0.4) is 0 Å². The molecule has 0 aromatic heterocycles. The number of carbonyl (C=O) groups excluding carboxylic acids is 1. The summed E-state index contributed by atoms with van der Waals surface area (Å²) in [6.07, 6.45) is 6.05. The second-order valence-electron chi connectivity index (χ2n) is 8.92. The van der Waals surface area contributed by atoms with Crippen LogP contribution in [-0.2, 0) is 16.6 Å². The van der Waals surface area contributed by atoms with Crippen molar-refractivity contribution in [2.45, 2.75) is 56.9 Å². The van der Waals surface area contributed by atoms with E-state index in [1.807, 2.05) is 37.3 Å². The first-order valence-corrected chi connectivity index (χ1v) is 13.8. The molecule has 0 unspecified atom stereocenters. The molecule has 4 rings (SSSR count). The van der Waals surface area contributed by atoms with Crippen LogP contribution < -0.4 is 15.0 Å². The Hall–Kier alpha value is -2.58. The standard InChI is InChI=1S/C26H35N3O4S/c1-2-33-24-12-6-5-11-22(24)20-27-26(30)21-13-14-23(28-15-7-3-8-16-28)25(19-21)34(31,32)29-17-9-4-10-18-29/h5-6,11-14,19H,2-4,7-10,15-18,20H2,1H3,(H,27,30). The summed E-state index contributed by atoms with van der Waals surface area (Å²) < 4.78 is 34.6. The van der Waals surface area contributed by atoms with E-state index in [4.69, 9.17) is 4.74 Å². The lowest BCUT2D eigenvalue weighted by Crippen LogP contribution is -2.38. The van der Waals surface area contributed by atoms with Crippen LogP contribution in [0.25, 0.3) is 0 Å². The van der Waals surface area contributed by atoms with Crippen molar-refractivity contribution in [3.8, 4) is 5.75 Å². The molecule has 1 N–H and O–H groups in total. The molecule has 2 aliphatic heterocycles. The molecule has 0 bridgehead atoms. The van der Waals surface area contributed by atoms with Gasteiger partial charge in [0.25, 0.3) is 5.91 Å². The van der Waals surface area contributed by atoms with Gasteiger partial charge >= 0.3 is 0 Å². The van der Waals surface area contributed by atoms with Crippen molar-refractivity contribution < 1.29 is 17.9 Å². The first-order chi connectivity index (χ1) is 16.5. The van der Waals surface area contributed by atoms with Crippen molar-refractivity contribution in [2.75, 3.05) is 37.7 Å². The van der Waals surface area contributed by atoms with Gasteiger partial charge in [0, 0.05) is 43.9 Å². The first-order valence-electron chi connectivity index (χ1n) is 12.4. The predicted molar refractivity (Wildman–Crippen MR) is 134 cm³/mol. The first kappa shape index (κ1) is 24.5. The number of hydrogen-bond donors (Lipinski definition) is 1.